The van der Waals surface area contributed by atoms with E-state index in [1.54, 1.807) is 0 Å². The van der Waals surface area contributed by atoms with Gasteiger partial charge in [0.05, 0.1) is 5.92 Å². The number of unbranched alkanes of at least 4 members (excludes halogenated alkanes) is 1. The lowest BCUT2D eigenvalue weighted by molar-refractivity contribution is -0.144. The zero-order chi connectivity index (χ0) is 16.9. The van der Waals surface area contributed by atoms with Crippen LogP contribution in [-0.4, -0.2) is 40.7 Å². The Bertz CT molecular complexity index is 568. The van der Waals surface area contributed by atoms with E-state index >= 15 is 0 Å². The van der Waals surface area contributed by atoms with Gasteiger partial charge in [-0.25, -0.2) is 0 Å². The van der Waals surface area contributed by atoms with Crippen LogP contribution >= 0.6 is 0 Å². The molecule has 0 N–H and O–H groups in total. The summed E-state index contributed by atoms with van der Waals surface area (Å²) < 4.78 is 0. The van der Waals surface area contributed by atoms with Crippen molar-refractivity contribution >= 4 is 11.8 Å². The predicted octanol–water partition coefficient (Wildman–Crippen LogP) is 3.22. The van der Waals surface area contributed by atoms with Crippen molar-refractivity contribution in [3.05, 3.63) is 35.9 Å². The van der Waals surface area contributed by atoms with Crippen LogP contribution in [0.1, 0.15) is 51.0 Å². The molecule has 1 saturated carbocycles. The molecule has 130 valence electrons. The number of piperidine rings is 1. The van der Waals surface area contributed by atoms with Crippen molar-refractivity contribution in [3.63, 3.8) is 0 Å². The number of likely N-dealkylation sites (tertiary alicyclic amines) is 1. The maximum absolute atomic E-state index is 13.1. The summed E-state index contributed by atoms with van der Waals surface area (Å²) in [6.07, 6.45) is 5.55. The Labute approximate surface area is 144 Å². The molecule has 4 heteroatoms. The molecule has 2 amide bonds. The molecule has 0 radical (unpaired) electrons. The van der Waals surface area contributed by atoms with Crippen LogP contribution in [-0.2, 0) is 16.1 Å². The molecule has 1 unspecified atom stereocenters. The Morgan fingerprint density at radius 1 is 1.21 bits per heavy atom. The monoisotopic (exact) mass is 328 g/mol. The molecule has 1 atom stereocenters. The van der Waals surface area contributed by atoms with Gasteiger partial charge in [0, 0.05) is 32.1 Å². The van der Waals surface area contributed by atoms with Crippen molar-refractivity contribution in [3.8, 4) is 0 Å². The zero-order valence-corrected chi connectivity index (χ0v) is 14.6. The Morgan fingerprint density at radius 2 is 1.96 bits per heavy atom. The number of amides is 2. The SMILES string of the molecule is CCCCN(Cc1ccccc1)C(=O)C1CCC(=O)N(C2CC2)C1. The minimum atomic E-state index is -0.0242. The quantitative estimate of drug-likeness (QED) is 0.771. The lowest BCUT2D eigenvalue weighted by Gasteiger charge is -2.35. The van der Waals surface area contributed by atoms with Crippen LogP contribution in [0.4, 0.5) is 0 Å². The predicted molar refractivity (Wildman–Crippen MR) is 94.2 cm³/mol. The highest BCUT2D eigenvalue weighted by molar-refractivity contribution is 5.84. The van der Waals surface area contributed by atoms with Gasteiger partial charge < -0.3 is 9.80 Å². The zero-order valence-electron chi connectivity index (χ0n) is 14.6. The van der Waals surface area contributed by atoms with Crippen molar-refractivity contribution in [2.45, 2.75) is 58.0 Å². The molecule has 0 bridgehead atoms. The molecule has 1 aromatic carbocycles. The van der Waals surface area contributed by atoms with Crippen LogP contribution < -0.4 is 0 Å². The van der Waals surface area contributed by atoms with Gasteiger partial charge in [0.1, 0.15) is 0 Å². The fourth-order valence-corrected chi connectivity index (χ4v) is 3.49. The van der Waals surface area contributed by atoms with Gasteiger partial charge in [-0.3, -0.25) is 9.59 Å². The van der Waals surface area contributed by atoms with E-state index in [0.717, 1.165) is 32.2 Å². The topological polar surface area (TPSA) is 40.6 Å². The van der Waals surface area contributed by atoms with Gasteiger partial charge in [-0.1, -0.05) is 43.7 Å². The molecule has 1 aliphatic heterocycles. The highest BCUT2D eigenvalue weighted by atomic mass is 16.2. The van der Waals surface area contributed by atoms with Crippen LogP contribution in [0.5, 0.6) is 0 Å². The molecule has 1 heterocycles. The molecule has 1 aliphatic carbocycles. The van der Waals surface area contributed by atoms with Crippen molar-refractivity contribution in [2.75, 3.05) is 13.1 Å². The summed E-state index contributed by atoms with van der Waals surface area (Å²) in [6, 6.07) is 10.6. The summed E-state index contributed by atoms with van der Waals surface area (Å²) in [4.78, 5) is 29.1. The highest BCUT2D eigenvalue weighted by Gasteiger charge is 2.39. The fraction of sp³-hybridized carbons (Fsp3) is 0.600. The van der Waals surface area contributed by atoms with Gasteiger partial charge in [-0.15, -0.1) is 0 Å². The van der Waals surface area contributed by atoms with Crippen molar-refractivity contribution in [1.82, 2.24) is 9.80 Å². The molecular weight excluding hydrogens is 300 g/mol. The smallest absolute Gasteiger partial charge is 0.227 e. The molecular formula is C20H28N2O2. The standard InChI is InChI=1S/C20H28N2O2/c1-2-3-13-21(14-16-7-5-4-6-8-16)20(24)17-9-12-19(23)22(15-17)18-10-11-18/h4-8,17-18H,2-3,9-15H2,1H3. The fourth-order valence-electron chi connectivity index (χ4n) is 3.49. The van der Waals surface area contributed by atoms with E-state index in [1.165, 1.54) is 5.56 Å². The van der Waals surface area contributed by atoms with Crippen LogP contribution in [0.2, 0.25) is 0 Å². The van der Waals surface area contributed by atoms with Crippen LogP contribution in [0.15, 0.2) is 30.3 Å². The summed E-state index contributed by atoms with van der Waals surface area (Å²) in [5.41, 5.74) is 1.17. The van der Waals surface area contributed by atoms with Gasteiger partial charge in [-0.05, 0) is 31.2 Å². The molecule has 3 rings (SSSR count). The number of rotatable bonds is 7. The lowest BCUT2D eigenvalue weighted by atomic mass is 9.95. The van der Waals surface area contributed by atoms with Gasteiger partial charge in [0.2, 0.25) is 11.8 Å². The number of hydrogen-bond donors (Lipinski definition) is 0. The Morgan fingerprint density at radius 3 is 2.62 bits per heavy atom. The van der Waals surface area contributed by atoms with E-state index in [2.05, 4.69) is 19.1 Å². The van der Waals surface area contributed by atoms with Crippen molar-refractivity contribution in [2.24, 2.45) is 5.92 Å². The third-order valence-corrected chi connectivity index (χ3v) is 5.09. The second-order valence-corrected chi connectivity index (χ2v) is 7.11. The van der Waals surface area contributed by atoms with Gasteiger partial charge in [0.15, 0.2) is 0 Å². The molecule has 4 nitrogen and oxygen atoms in total. The molecule has 1 saturated heterocycles. The number of nitrogens with zero attached hydrogens (tertiary/aromatic N) is 2. The molecule has 2 aliphatic rings. The summed E-state index contributed by atoms with van der Waals surface area (Å²) in [5, 5.41) is 0. The van der Waals surface area contributed by atoms with Crippen molar-refractivity contribution in [1.29, 1.82) is 0 Å². The number of benzene rings is 1. The average Bonchev–Trinajstić information content (AvgIpc) is 3.44. The van der Waals surface area contributed by atoms with Crippen LogP contribution in [0.3, 0.4) is 0 Å². The average molecular weight is 328 g/mol. The van der Waals surface area contributed by atoms with Gasteiger partial charge in [0.25, 0.3) is 0 Å². The molecule has 1 aromatic rings. The first kappa shape index (κ1) is 17.0. The first-order valence-corrected chi connectivity index (χ1v) is 9.31. The maximum atomic E-state index is 13.1. The largest absolute Gasteiger partial charge is 0.339 e. The number of carbonyl (C=O) groups is 2. The van der Waals surface area contributed by atoms with E-state index in [-0.39, 0.29) is 17.7 Å². The van der Waals surface area contributed by atoms with Gasteiger partial charge >= 0.3 is 0 Å². The summed E-state index contributed by atoms with van der Waals surface area (Å²) in [7, 11) is 0. The first-order chi connectivity index (χ1) is 11.7. The maximum Gasteiger partial charge on any atom is 0.227 e. The Balaban J connectivity index is 1.66. The minimum absolute atomic E-state index is 0.0242. The Kier molecular flexibility index (Phi) is 5.54. The third-order valence-electron chi connectivity index (χ3n) is 5.09. The minimum Gasteiger partial charge on any atom is -0.339 e. The van der Waals surface area contributed by atoms with E-state index in [9.17, 15) is 9.59 Å². The van der Waals surface area contributed by atoms with Crippen molar-refractivity contribution < 1.29 is 9.59 Å². The van der Waals surface area contributed by atoms with E-state index in [4.69, 9.17) is 0 Å². The molecule has 0 spiro atoms. The number of carbonyl (C=O) groups excluding carboxylic acids is 2. The van der Waals surface area contributed by atoms with Crippen LogP contribution in [0, 0.1) is 5.92 Å². The highest BCUT2D eigenvalue weighted by Crippen LogP contribution is 2.32. The third kappa shape index (κ3) is 4.16. The van der Waals surface area contributed by atoms with Crippen LogP contribution in [0.25, 0.3) is 0 Å². The lowest BCUT2D eigenvalue weighted by Crippen LogP contribution is -2.47. The van der Waals surface area contributed by atoms with E-state index in [1.807, 2.05) is 28.0 Å². The second-order valence-electron chi connectivity index (χ2n) is 7.11. The molecule has 24 heavy (non-hydrogen) atoms. The number of hydrogen-bond acceptors (Lipinski definition) is 2. The van der Waals surface area contributed by atoms with Gasteiger partial charge in [-0.2, -0.15) is 0 Å². The Hall–Kier alpha value is -1.84. The molecule has 2 fully saturated rings. The summed E-state index contributed by atoms with van der Waals surface area (Å²) in [5.74, 6) is 0.444. The molecule has 0 aromatic heterocycles. The summed E-state index contributed by atoms with van der Waals surface area (Å²) >= 11 is 0. The normalized spacial score (nSPS) is 21.0. The van der Waals surface area contributed by atoms with E-state index < -0.39 is 0 Å². The second kappa shape index (κ2) is 7.82. The first-order valence-electron chi connectivity index (χ1n) is 9.31. The van der Waals surface area contributed by atoms with E-state index in [0.29, 0.717) is 32.0 Å². The summed E-state index contributed by atoms with van der Waals surface area (Å²) in [6.45, 7) is 4.25.